The molecule has 0 spiro atoms. The molecule has 0 saturated carbocycles. The van der Waals surface area contributed by atoms with Gasteiger partial charge in [-0.1, -0.05) is 18.2 Å². The second-order valence-electron chi connectivity index (χ2n) is 8.54. The van der Waals surface area contributed by atoms with Crippen molar-refractivity contribution >= 4 is 39.2 Å². The Morgan fingerprint density at radius 2 is 1.79 bits per heavy atom. The summed E-state index contributed by atoms with van der Waals surface area (Å²) in [7, 11) is -3.44. The van der Waals surface area contributed by atoms with Gasteiger partial charge in [0.1, 0.15) is 0 Å². The van der Waals surface area contributed by atoms with Crippen LogP contribution in [0.3, 0.4) is 0 Å². The summed E-state index contributed by atoms with van der Waals surface area (Å²) in [6.07, 6.45) is 0.485. The van der Waals surface area contributed by atoms with E-state index in [0.717, 1.165) is 17.4 Å². The van der Waals surface area contributed by atoms with E-state index in [1.165, 1.54) is 17.3 Å². The minimum absolute atomic E-state index is 0.216. The lowest BCUT2D eigenvalue weighted by Crippen LogP contribution is -2.40. The zero-order valence-electron chi connectivity index (χ0n) is 19.8. The fraction of sp³-hybridized carbons (Fsp3) is 0.375. The van der Waals surface area contributed by atoms with E-state index in [0.29, 0.717) is 23.4 Å². The number of carbonyl (C=O) groups excluding carboxylic acids is 3. The molecule has 0 bridgehead atoms. The average molecular weight is 488 g/mol. The molecule has 1 heterocycles. The van der Waals surface area contributed by atoms with Gasteiger partial charge in [-0.05, 0) is 69.0 Å². The van der Waals surface area contributed by atoms with Gasteiger partial charge in [-0.25, -0.2) is 13.2 Å². The number of anilines is 2. The van der Waals surface area contributed by atoms with Crippen LogP contribution in [-0.2, 0) is 30.8 Å². The summed E-state index contributed by atoms with van der Waals surface area (Å²) in [5, 5.41) is 5.24. The number of para-hydroxylation sites is 1. The number of rotatable bonds is 7. The molecule has 2 aromatic rings. The first-order valence-electron chi connectivity index (χ1n) is 10.9. The summed E-state index contributed by atoms with van der Waals surface area (Å²) in [5.74, 6) is -1.72. The first-order chi connectivity index (χ1) is 15.9. The lowest BCUT2D eigenvalue weighted by Gasteiger charge is -2.22. The molecule has 9 nitrogen and oxygen atoms in total. The molecule has 0 radical (unpaired) electrons. The fourth-order valence-electron chi connectivity index (χ4n) is 4.02. The van der Waals surface area contributed by atoms with Gasteiger partial charge in [0.2, 0.25) is 15.9 Å². The van der Waals surface area contributed by atoms with Crippen molar-refractivity contribution in [1.29, 1.82) is 0 Å². The van der Waals surface area contributed by atoms with Gasteiger partial charge in [0.25, 0.3) is 5.91 Å². The number of esters is 1. The molecular formula is C24H29N3O6S. The van der Waals surface area contributed by atoms with Crippen LogP contribution in [0.2, 0.25) is 0 Å². The summed E-state index contributed by atoms with van der Waals surface area (Å²) in [6.45, 7) is 6.69. The maximum absolute atomic E-state index is 12.6. The van der Waals surface area contributed by atoms with E-state index in [1.54, 1.807) is 19.1 Å². The van der Waals surface area contributed by atoms with Crippen molar-refractivity contribution in [2.45, 2.75) is 46.3 Å². The van der Waals surface area contributed by atoms with Gasteiger partial charge < -0.3 is 15.4 Å². The standard InChI is InChI=1S/C24H29N3O6S/c1-14-7-6-8-15(2)22(14)26-21(28)13-25-23(29)17(4)33-24(30)18-9-10-20-19(12-18)11-16(3)27(20)34(5,31)32/h6-10,12,16-17H,11,13H2,1-5H3,(H,25,29)(H,26,28). The molecule has 0 aliphatic carbocycles. The van der Waals surface area contributed by atoms with Gasteiger partial charge >= 0.3 is 5.97 Å². The third kappa shape index (κ3) is 5.56. The second kappa shape index (κ2) is 9.84. The fourth-order valence-corrected chi connectivity index (χ4v) is 5.29. The number of sulfonamides is 1. The highest BCUT2D eigenvalue weighted by Crippen LogP contribution is 2.34. The van der Waals surface area contributed by atoms with E-state index in [1.807, 2.05) is 32.0 Å². The van der Waals surface area contributed by atoms with E-state index in [-0.39, 0.29) is 18.2 Å². The summed E-state index contributed by atoms with van der Waals surface area (Å²) in [4.78, 5) is 37.1. The van der Waals surface area contributed by atoms with Crippen molar-refractivity contribution in [2.24, 2.45) is 0 Å². The molecule has 1 aliphatic rings. The van der Waals surface area contributed by atoms with Gasteiger partial charge in [0.15, 0.2) is 6.10 Å². The third-order valence-electron chi connectivity index (χ3n) is 5.65. The summed E-state index contributed by atoms with van der Waals surface area (Å²) in [6, 6.07) is 10.0. The van der Waals surface area contributed by atoms with Crippen LogP contribution in [0, 0.1) is 13.8 Å². The first kappa shape index (κ1) is 25.2. The summed E-state index contributed by atoms with van der Waals surface area (Å²) >= 11 is 0. The number of hydrogen-bond acceptors (Lipinski definition) is 6. The molecule has 2 atom stereocenters. The predicted octanol–water partition coefficient (Wildman–Crippen LogP) is 2.31. The number of fused-ring (bicyclic) bond motifs is 1. The van der Waals surface area contributed by atoms with E-state index < -0.39 is 33.9 Å². The lowest BCUT2D eigenvalue weighted by atomic mass is 10.1. The molecule has 2 N–H and O–H groups in total. The zero-order valence-corrected chi connectivity index (χ0v) is 20.7. The predicted molar refractivity (Wildman–Crippen MR) is 129 cm³/mol. The van der Waals surface area contributed by atoms with Crippen molar-refractivity contribution < 1.29 is 27.5 Å². The van der Waals surface area contributed by atoms with Gasteiger partial charge in [-0.2, -0.15) is 0 Å². The number of ether oxygens (including phenoxy) is 1. The smallest absolute Gasteiger partial charge is 0.338 e. The first-order valence-corrected chi connectivity index (χ1v) is 12.7. The largest absolute Gasteiger partial charge is 0.449 e. The number of aryl methyl sites for hydroxylation is 2. The Morgan fingerprint density at radius 3 is 2.41 bits per heavy atom. The Bertz CT molecular complexity index is 1220. The maximum Gasteiger partial charge on any atom is 0.338 e. The molecule has 10 heteroatoms. The Hall–Kier alpha value is -3.40. The van der Waals surface area contributed by atoms with Gasteiger partial charge in [-0.15, -0.1) is 0 Å². The quantitative estimate of drug-likeness (QED) is 0.578. The van der Waals surface area contributed by atoms with Gasteiger partial charge in [0, 0.05) is 11.7 Å². The molecule has 0 saturated heterocycles. The van der Waals surface area contributed by atoms with Crippen LogP contribution in [0.5, 0.6) is 0 Å². The Balaban J connectivity index is 1.57. The SMILES string of the molecule is Cc1cccc(C)c1NC(=O)CNC(=O)C(C)OC(=O)c1ccc2c(c1)CC(C)N2S(C)(=O)=O. The van der Waals surface area contributed by atoms with Crippen molar-refractivity contribution in [3.63, 3.8) is 0 Å². The number of nitrogens with zero attached hydrogens (tertiary/aromatic N) is 1. The highest BCUT2D eigenvalue weighted by molar-refractivity contribution is 7.92. The van der Waals surface area contributed by atoms with Crippen molar-refractivity contribution in [3.8, 4) is 0 Å². The number of nitrogens with one attached hydrogen (secondary N) is 2. The number of carbonyl (C=O) groups is 3. The van der Waals surface area contributed by atoms with Gasteiger partial charge in [0.05, 0.1) is 24.1 Å². The lowest BCUT2D eigenvalue weighted by molar-refractivity contribution is -0.130. The molecule has 0 aromatic heterocycles. The highest BCUT2D eigenvalue weighted by atomic mass is 32.2. The van der Waals surface area contributed by atoms with Crippen LogP contribution in [-0.4, -0.2) is 51.1 Å². The van der Waals surface area contributed by atoms with E-state index in [2.05, 4.69) is 10.6 Å². The number of amides is 2. The van der Waals surface area contributed by atoms with Gasteiger partial charge in [-0.3, -0.25) is 13.9 Å². The Morgan fingerprint density at radius 1 is 1.15 bits per heavy atom. The van der Waals surface area contributed by atoms with Crippen molar-refractivity contribution in [1.82, 2.24) is 5.32 Å². The Labute approximate surface area is 199 Å². The molecule has 0 fully saturated rings. The van der Waals surface area contributed by atoms with Crippen molar-refractivity contribution in [3.05, 3.63) is 58.7 Å². The van der Waals surface area contributed by atoms with E-state index >= 15 is 0 Å². The minimum atomic E-state index is -3.44. The minimum Gasteiger partial charge on any atom is -0.449 e. The van der Waals surface area contributed by atoms with Crippen LogP contribution >= 0.6 is 0 Å². The second-order valence-corrected chi connectivity index (χ2v) is 10.4. The molecular weight excluding hydrogens is 458 g/mol. The third-order valence-corrected chi connectivity index (χ3v) is 6.92. The molecule has 2 amide bonds. The van der Waals surface area contributed by atoms with Crippen molar-refractivity contribution in [2.75, 3.05) is 22.4 Å². The van der Waals surface area contributed by atoms with Crippen LogP contribution in [0.15, 0.2) is 36.4 Å². The molecule has 34 heavy (non-hydrogen) atoms. The summed E-state index contributed by atoms with van der Waals surface area (Å²) in [5.41, 5.74) is 3.98. The van der Waals surface area contributed by atoms with Crippen LogP contribution in [0.25, 0.3) is 0 Å². The summed E-state index contributed by atoms with van der Waals surface area (Å²) < 4.78 is 30.7. The molecule has 2 aromatic carbocycles. The van der Waals surface area contributed by atoms with Crippen LogP contribution < -0.4 is 14.9 Å². The van der Waals surface area contributed by atoms with E-state index in [9.17, 15) is 22.8 Å². The molecule has 2 unspecified atom stereocenters. The zero-order chi connectivity index (χ0) is 25.2. The van der Waals surface area contributed by atoms with Crippen LogP contribution in [0.4, 0.5) is 11.4 Å². The number of benzene rings is 2. The van der Waals surface area contributed by atoms with E-state index in [4.69, 9.17) is 4.74 Å². The normalized spacial score (nSPS) is 15.9. The highest BCUT2D eigenvalue weighted by Gasteiger charge is 2.33. The maximum atomic E-state index is 12.6. The average Bonchev–Trinajstić information content (AvgIpc) is 3.09. The van der Waals surface area contributed by atoms with Crippen LogP contribution in [0.1, 0.15) is 40.9 Å². The number of hydrogen-bond donors (Lipinski definition) is 2. The molecule has 1 aliphatic heterocycles. The molecule has 3 rings (SSSR count). The topological polar surface area (TPSA) is 122 Å². The Kier molecular flexibility index (Phi) is 7.30. The monoisotopic (exact) mass is 487 g/mol. The molecule has 182 valence electrons.